The smallest absolute Gasteiger partial charge is 0.274 e. The molecule has 0 aliphatic carbocycles. The van der Waals surface area contributed by atoms with Gasteiger partial charge in [-0.3, -0.25) is 10.1 Å². The zero-order valence-electron chi connectivity index (χ0n) is 10.8. The summed E-state index contributed by atoms with van der Waals surface area (Å²) >= 11 is 0. The zero-order valence-corrected chi connectivity index (χ0v) is 10.8. The highest BCUT2D eigenvalue weighted by atomic mass is 16.6. The average molecular weight is 236 g/mol. The van der Waals surface area contributed by atoms with E-state index in [9.17, 15) is 10.1 Å². The Hall–Kier alpha value is -1.42. The molecule has 0 fully saturated rings. The maximum absolute atomic E-state index is 10.9. The van der Waals surface area contributed by atoms with Crippen LogP contribution in [0.5, 0.6) is 0 Å². The van der Waals surface area contributed by atoms with Crippen molar-refractivity contribution < 1.29 is 4.92 Å². The predicted molar refractivity (Wildman–Crippen MR) is 68.9 cm³/mol. The summed E-state index contributed by atoms with van der Waals surface area (Å²) in [6, 6.07) is 7.19. The van der Waals surface area contributed by atoms with Crippen molar-refractivity contribution in [2.45, 2.75) is 39.8 Å². The van der Waals surface area contributed by atoms with Crippen molar-refractivity contribution in [3.05, 3.63) is 39.9 Å². The first-order valence-electron chi connectivity index (χ1n) is 5.92. The van der Waals surface area contributed by atoms with Crippen molar-refractivity contribution in [3.8, 4) is 0 Å². The number of rotatable bonds is 5. The highest BCUT2D eigenvalue weighted by Crippen LogP contribution is 2.25. The fourth-order valence-electron chi connectivity index (χ4n) is 1.70. The Kier molecular flexibility index (Phi) is 4.63. The molecule has 4 nitrogen and oxygen atoms in total. The number of hydrogen-bond donors (Lipinski definition) is 1. The lowest BCUT2D eigenvalue weighted by molar-refractivity contribution is -0.385. The molecule has 17 heavy (non-hydrogen) atoms. The van der Waals surface area contributed by atoms with Crippen molar-refractivity contribution in [1.82, 2.24) is 5.32 Å². The molecule has 0 aromatic heterocycles. The van der Waals surface area contributed by atoms with Gasteiger partial charge in [0.1, 0.15) is 0 Å². The fraction of sp³-hybridized carbons (Fsp3) is 0.538. The molecule has 1 N–H and O–H groups in total. The van der Waals surface area contributed by atoms with Crippen LogP contribution in [0.4, 0.5) is 5.69 Å². The SMILES string of the molecule is CC(NC(C)C(C)C)c1ccccc1[N+](=O)[O-]. The maximum atomic E-state index is 10.9. The normalized spacial score (nSPS) is 14.6. The number of hydrogen-bond acceptors (Lipinski definition) is 3. The first kappa shape index (κ1) is 13.6. The molecular formula is C13H20N2O2. The van der Waals surface area contributed by atoms with Gasteiger partial charge in [0.05, 0.1) is 4.92 Å². The van der Waals surface area contributed by atoms with Gasteiger partial charge in [-0.15, -0.1) is 0 Å². The van der Waals surface area contributed by atoms with Crippen molar-refractivity contribution in [1.29, 1.82) is 0 Å². The van der Waals surface area contributed by atoms with Gasteiger partial charge in [-0.05, 0) is 19.8 Å². The van der Waals surface area contributed by atoms with Gasteiger partial charge in [-0.1, -0.05) is 32.0 Å². The monoisotopic (exact) mass is 236 g/mol. The maximum Gasteiger partial charge on any atom is 0.274 e. The van der Waals surface area contributed by atoms with E-state index in [1.807, 2.05) is 19.1 Å². The topological polar surface area (TPSA) is 55.2 Å². The van der Waals surface area contributed by atoms with Crippen molar-refractivity contribution in [2.24, 2.45) is 5.92 Å². The molecular weight excluding hydrogens is 216 g/mol. The Morgan fingerprint density at radius 1 is 1.18 bits per heavy atom. The minimum Gasteiger partial charge on any atom is -0.307 e. The quantitative estimate of drug-likeness (QED) is 0.630. The van der Waals surface area contributed by atoms with Crippen LogP contribution in [0.25, 0.3) is 0 Å². The van der Waals surface area contributed by atoms with E-state index in [-0.39, 0.29) is 16.7 Å². The van der Waals surface area contributed by atoms with E-state index >= 15 is 0 Å². The fourth-order valence-corrected chi connectivity index (χ4v) is 1.70. The number of para-hydroxylation sites is 1. The Morgan fingerprint density at radius 2 is 1.76 bits per heavy atom. The Bertz CT molecular complexity index is 391. The Labute approximate surface area is 102 Å². The summed E-state index contributed by atoms with van der Waals surface area (Å²) in [7, 11) is 0. The van der Waals surface area contributed by atoms with Gasteiger partial charge in [-0.2, -0.15) is 0 Å². The van der Waals surface area contributed by atoms with Crippen molar-refractivity contribution in [2.75, 3.05) is 0 Å². The molecule has 0 heterocycles. The van der Waals surface area contributed by atoms with E-state index in [4.69, 9.17) is 0 Å². The van der Waals surface area contributed by atoms with Crippen LogP contribution < -0.4 is 5.32 Å². The molecule has 0 saturated carbocycles. The summed E-state index contributed by atoms with van der Waals surface area (Å²) in [4.78, 5) is 10.6. The molecule has 2 atom stereocenters. The molecule has 1 rings (SSSR count). The third-order valence-corrected chi connectivity index (χ3v) is 3.11. The second-order valence-electron chi connectivity index (χ2n) is 4.74. The number of benzene rings is 1. The third-order valence-electron chi connectivity index (χ3n) is 3.11. The van der Waals surface area contributed by atoms with E-state index in [2.05, 4.69) is 26.1 Å². The molecule has 0 radical (unpaired) electrons. The zero-order chi connectivity index (χ0) is 13.0. The molecule has 0 spiro atoms. The molecule has 1 aromatic rings. The minimum atomic E-state index is -0.326. The van der Waals surface area contributed by atoms with Crippen LogP contribution in [-0.4, -0.2) is 11.0 Å². The highest BCUT2D eigenvalue weighted by Gasteiger charge is 2.19. The standard InChI is InChI=1S/C13H20N2O2/c1-9(2)10(3)14-11(4)12-7-5-6-8-13(12)15(16)17/h5-11,14H,1-4H3. The van der Waals surface area contributed by atoms with Crippen LogP contribution >= 0.6 is 0 Å². The van der Waals surface area contributed by atoms with Crippen LogP contribution in [0, 0.1) is 16.0 Å². The average Bonchev–Trinajstić information content (AvgIpc) is 2.28. The van der Waals surface area contributed by atoms with Gasteiger partial charge in [0.2, 0.25) is 0 Å². The van der Waals surface area contributed by atoms with Gasteiger partial charge < -0.3 is 5.32 Å². The van der Waals surface area contributed by atoms with Crippen molar-refractivity contribution in [3.63, 3.8) is 0 Å². The molecule has 4 heteroatoms. The summed E-state index contributed by atoms with van der Waals surface area (Å²) in [5.74, 6) is 0.500. The lowest BCUT2D eigenvalue weighted by Gasteiger charge is -2.23. The number of nitro groups is 1. The van der Waals surface area contributed by atoms with Gasteiger partial charge in [-0.25, -0.2) is 0 Å². The molecule has 1 aromatic carbocycles. The van der Waals surface area contributed by atoms with Gasteiger partial charge >= 0.3 is 0 Å². The highest BCUT2D eigenvalue weighted by molar-refractivity contribution is 5.41. The molecule has 94 valence electrons. The number of nitrogens with one attached hydrogen (secondary N) is 1. The predicted octanol–water partition coefficient (Wildman–Crippen LogP) is 3.29. The summed E-state index contributed by atoms with van der Waals surface area (Å²) in [5.41, 5.74) is 0.924. The minimum absolute atomic E-state index is 0.0194. The number of nitrogens with zero attached hydrogens (tertiary/aromatic N) is 1. The van der Waals surface area contributed by atoms with Gasteiger partial charge in [0.15, 0.2) is 0 Å². The van der Waals surface area contributed by atoms with Gasteiger partial charge in [0.25, 0.3) is 5.69 Å². The largest absolute Gasteiger partial charge is 0.307 e. The van der Waals surface area contributed by atoms with E-state index < -0.39 is 0 Å². The van der Waals surface area contributed by atoms with E-state index in [1.165, 1.54) is 0 Å². The van der Waals surface area contributed by atoms with Crippen LogP contribution in [0.1, 0.15) is 39.3 Å². The lowest BCUT2D eigenvalue weighted by atomic mass is 10.0. The first-order chi connectivity index (χ1) is 7.93. The molecule has 0 saturated heterocycles. The summed E-state index contributed by atoms with van der Waals surface area (Å²) in [6.07, 6.45) is 0. The molecule has 0 aliphatic rings. The van der Waals surface area contributed by atoms with Crippen LogP contribution in [0.2, 0.25) is 0 Å². The number of nitro benzene ring substituents is 1. The third kappa shape index (κ3) is 3.53. The summed E-state index contributed by atoms with van der Waals surface area (Å²) in [6.45, 7) is 8.31. The summed E-state index contributed by atoms with van der Waals surface area (Å²) < 4.78 is 0. The van der Waals surface area contributed by atoms with Crippen LogP contribution in [0.3, 0.4) is 0 Å². The molecule has 0 aliphatic heterocycles. The second kappa shape index (κ2) is 5.77. The first-order valence-corrected chi connectivity index (χ1v) is 5.92. The van der Waals surface area contributed by atoms with Crippen LogP contribution in [-0.2, 0) is 0 Å². The lowest BCUT2D eigenvalue weighted by Crippen LogP contribution is -2.33. The van der Waals surface area contributed by atoms with Crippen LogP contribution in [0.15, 0.2) is 24.3 Å². The van der Waals surface area contributed by atoms with Crippen molar-refractivity contribution >= 4 is 5.69 Å². The van der Waals surface area contributed by atoms with E-state index in [0.29, 0.717) is 12.0 Å². The molecule has 0 amide bonds. The Morgan fingerprint density at radius 3 is 2.29 bits per heavy atom. The molecule has 0 bridgehead atoms. The van der Waals surface area contributed by atoms with Gasteiger partial charge in [0, 0.05) is 23.7 Å². The molecule has 2 unspecified atom stereocenters. The van der Waals surface area contributed by atoms with E-state index in [0.717, 1.165) is 5.56 Å². The summed E-state index contributed by atoms with van der Waals surface area (Å²) in [5, 5.41) is 14.3. The second-order valence-corrected chi connectivity index (χ2v) is 4.74. The Balaban J connectivity index is 2.88. The van der Waals surface area contributed by atoms with E-state index in [1.54, 1.807) is 12.1 Å².